The molecule has 1 saturated carbocycles. The van der Waals surface area contributed by atoms with Gasteiger partial charge in [0.2, 0.25) is 0 Å². The normalized spacial score (nSPS) is 16.4. The molecule has 0 amide bonds. The van der Waals surface area contributed by atoms with Crippen molar-refractivity contribution < 1.29 is 0 Å². The SMILES string of the molecule is CSCCCNCCCNC1CC1. The highest BCUT2D eigenvalue weighted by atomic mass is 32.2. The van der Waals surface area contributed by atoms with Crippen LogP contribution in [-0.2, 0) is 0 Å². The van der Waals surface area contributed by atoms with Crippen LogP contribution in [0.25, 0.3) is 0 Å². The van der Waals surface area contributed by atoms with Crippen LogP contribution in [-0.4, -0.2) is 37.7 Å². The summed E-state index contributed by atoms with van der Waals surface area (Å²) in [6.45, 7) is 3.55. The first-order valence-electron chi connectivity index (χ1n) is 5.36. The average Bonchev–Trinajstić information content (AvgIpc) is 2.93. The number of hydrogen-bond donors (Lipinski definition) is 2. The summed E-state index contributed by atoms with van der Waals surface area (Å²) in [5, 5.41) is 6.98. The molecular weight excluding hydrogens is 180 g/mol. The fraction of sp³-hybridized carbons (Fsp3) is 1.00. The lowest BCUT2D eigenvalue weighted by molar-refractivity contribution is 0.591. The molecule has 0 unspecified atom stereocenters. The van der Waals surface area contributed by atoms with Crippen molar-refractivity contribution in [1.29, 1.82) is 0 Å². The van der Waals surface area contributed by atoms with Crippen LogP contribution in [0.4, 0.5) is 0 Å². The lowest BCUT2D eigenvalue weighted by Gasteiger charge is -2.04. The van der Waals surface area contributed by atoms with E-state index in [2.05, 4.69) is 16.9 Å². The van der Waals surface area contributed by atoms with E-state index in [4.69, 9.17) is 0 Å². The van der Waals surface area contributed by atoms with Gasteiger partial charge in [-0.25, -0.2) is 0 Å². The molecule has 0 atom stereocenters. The van der Waals surface area contributed by atoms with Crippen molar-refractivity contribution in [3.8, 4) is 0 Å². The molecule has 78 valence electrons. The molecule has 0 aromatic carbocycles. The van der Waals surface area contributed by atoms with Crippen molar-refractivity contribution in [1.82, 2.24) is 10.6 Å². The molecule has 3 heteroatoms. The van der Waals surface area contributed by atoms with Gasteiger partial charge in [-0.15, -0.1) is 0 Å². The van der Waals surface area contributed by atoms with Crippen LogP contribution in [0.1, 0.15) is 25.7 Å². The van der Waals surface area contributed by atoms with Crippen molar-refractivity contribution in [2.75, 3.05) is 31.6 Å². The Morgan fingerprint density at radius 1 is 1.15 bits per heavy atom. The zero-order chi connectivity index (χ0) is 9.36. The zero-order valence-electron chi connectivity index (χ0n) is 8.64. The second-order valence-corrected chi connectivity index (χ2v) is 4.66. The molecule has 1 fully saturated rings. The first-order valence-corrected chi connectivity index (χ1v) is 6.76. The molecule has 0 aromatic rings. The van der Waals surface area contributed by atoms with Crippen LogP contribution in [0.15, 0.2) is 0 Å². The summed E-state index contributed by atoms with van der Waals surface area (Å²) in [5.74, 6) is 1.29. The molecule has 1 aliphatic rings. The Morgan fingerprint density at radius 2 is 1.92 bits per heavy atom. The first-order chi connectivity index (χ1) is 6.43. The highest BCUT2D eigenvalue weighted by molar-refractivity contribution is 7.98. The highest BCUT2D eigenvalue weighted by Crippen LogP contribution is 2.18. The van der Waals surface area contributed by atoms with Crippen LogP contribution in [0.3, 0.4) is 0 Å². The zero-order valence-corrected chi connectivity index (χ0v) is 9.46. The van der Waals surface area contributed by atoms with Gasteiger partial charge < -0.3 is 10.6 Å². The average molecular weight is 202 g/mol. The Morgan fingerprint density at radius 3 is 2.62 bits per heavy atom. The molecular formula is C10H22N2S. The standard InChI is InChI=1S/C10H22N2S/c1-13-9-3-7-11-6-2-8-12-10-4-5-10/h10-12H,2-9H2,1H3. The van der Waals surface area contributed by atoms with Gasteiger partial charge in [0.15, 0.2) is 0 Å². The maximum atomic E-state index is 3.51. The van der Waals surface area contributed by atoms with Crippen LogP contribution in [0.2, 0.25) is 0 Å². The third-order valence-corrected chi connectivity index (χ3v) is 2.94. The van der Waals surface area contributed by atoms with Gasteiger partial charge in [0.1, 0.15) is 0 Å². The highest BCUT2D eigenvalue weighted by Gasteiger charge is 2.19. The molecule has 0 radical (unpaired) electrons. The van der Waals surface area contributed by atoms with Crippen LogP contribution >= 0.6 is 11.8 Å². The van der Waals surface area contributed by atoms with Gasteiger partial charge in [-0.2, -0.15) is 11.8 Å². The number of nitrogens with one attached hydrogen (secondary N) is 2. The molecule has 13 heavy (non-hydrogen) atoms. The van der Waals surface area contributed by atoms with Crippen molar-refractivity contribution in [3.63, 3.8) is 0 Å². The van der Waals surface area contributed by atoms with Gasteiger partial charge in [-0.1, -0.05) is 0 Å². The Kier molecular flexibility index (Phi) is 6.68. The molecule has 2 nitrogen and oxygen atoms in total. The van der Waals surface area contributed by atoms with Gasteiger partial charge in [-0.05, 0) is 57.3 Å². The number of hydrogen-bond acceptors (Lipinski definition) is 3. The molecule has 0 heterocycles. The molecule has 1 rings (SSSR count). The van der Waals surface area contributed by atoms with Gasteiger partial charge in [0.05, 0.1) is 0 Å². The summed E-state index contributed by atoms with van der Waals surface area (Å²) >= 11 is 1.93. The lowest BCUT2D eigenvalue weighted by atomic mass is 10.4. The molecule has 0 aromatic heterocycles. The van der Waals surface area contributed by atoms with Crippen LogP contribution in [0, 0.1) is 0 Å². The Labute approximate surface area is 86.2 Å². The van der Waals surface area contributed by atoms with Crippen molar-refractivity contribution in [3.05, 3.63) is 0 Å². The Hall–Kier alpha value is 0.270. The molecule has 0 spiro atoms. The maximum absolute atomic E-state index is 3.51. The van der Waals surface area contributed by atoms with Crippen LogP contribution in [0.5, 0.6) is 0 Å². The van der Waals surface area contributed by atoms with Crippen molar-refractivity contribution in [2.24, 2.45) is 0 Å². The van der Waals surface area contributed by atoms with E-state index in [0.29, 0.717) is 0 Å². The molecule has 2 N–H and O–H groups in total. The van der Waals surface area contributed by atoms with Gasteiger partial charge in [0.25, 0.3) is 0 Å². The van der Waals surface area contributed by atoms with E-state index in [1.165, 1.54) is 51.1 Å². The maximum Gasteiger partial charge on any atom is 0.00682 e. The van der Waals surface area contributed by atoms with Crippen molar-refractivity contribution >= 4 is 11.8 Å². The minimum Gasteiger partial charge on any atom is -0.317 e. The third-order valence-electron chi connectivity index (χ3n) is 2.24. The van der Waals surface area contributed by atoms with Gasteiger partial charge in [0, 0.05) is 6.04 Å². The summed E-state index contributed by atoms with van der Waals surface area (Å²) in [6.07, 6.45) is 7.55. The lowest BCUT2D eigenvalue weighted by Crippen LogP contribution is -2.24. The smallest absolute Gasteiger partial charge is 0.00682 e. The minimum absolute atomic E-state index is 0.872. The molecule has 0 bridgehead atoms. The van der Waals surface area contributed by atoms with E-state index >= 15 is 0 Å². The fourth-order valence-corrected chi connectivity index (χ4v) is 1.71. The summed E-state index contributed by atoms with van der Waals surface area (Å²) < 4.78 is 0. The summed E-state index contributed by atoms with van der Waals surface area (Å²) in [4.78, 5) is 0. The summed E-state index contributed by atoms with van der Waals surface area (Å²) in [7, 11) is 0. The van der Waals surface area contributed by atoms with Crippen molar-refractivity contribution in [2.45, 2.75) is 31.7 Å². The van der Waals surface area contributed by atoms with E-state index in [9.17, 15) is 0 Å². The molecule has 1 aliphatic carbocycles. The first kappa shape index (κ1) is 11.3. The summed E-state index contributed by atoms with van der Waals surface area (Å²) in [5.41, 5.74) is 0. The minimum atomic E-state index is 0.872. The fourth-order valence-electron chi connectivity index (χ4n) is 1.27. The van der Waals surface area contributed by atoms with E-state index < -0.39 is 0 Å². The Balaban J connectivity index is 1.63. The quantitative estimate of drug-likeness (QED) is 0.554. The predicted molar refractivity (Wildman–Crippen MR) is 61.5 cm³/mol. The molecule has 0 saturated heterocycles. The van der Waals surface area contributed by atoms with E-state index in [1.807, 2.05) is 11.8 Å². The predicted octanol–water partition coefficient (Wildman–Crippen LogP) is 1.47. The van der Waals surface area contributed by atoms with E-state index in [1.54, 1.807) is 0 Å². The summed E-state index contributed by atoms with van der Waals surface area (Å²) in [6, 6.07) is 0.872. The van der Waals surface area contributed by atoms with Gasteiger partial charge in [-0.3, -0.25) is 0 Å². The largest absolute Gasteiger partial charge is 0.317 e. The van der Waals surface area contributed by atoms with Crippen LogP contribution < -0.4 is 10.6 Å². The Bertz CT molecular complexity index is 115. The third kappa shape index (κ3) is 7.35. The number of rotatable bonds is 9. The van der Waals surface area contributed by atoms with Gasteiger partial charge >= 0.3 is 0 Å². The van der Waals surface area contributed by atoms with E-state index in [0.717, 1.165) is 6.04 Å². The second-order valence-electron chi connectivity index (χ2n) is 3.68. The number of thioether (sulfide) groups is 1. The molecule has 0 aliphatic heterocycles. The topological polar surface area (TPSA) is 24.1 Å². The van der Waals surface area contributed by atoms with E-state index in [-0.39, 0.29) is 0 Å². The second kappa shape index (κ2) is 7.65. The monoisotopic (exact) mass is 202 g/mol.